The first-order chi connectivity index (χ1) is 9.54. The van der Waals surface area contributed by atoms with E-state index < -0.39 is 5.97 Å². The van der Waals surface area contributed by atoms with E-state index in [-0.39, 0.29) is 0 Å². The van der Waals surface area contributed by atoms with Crippen LogP contribution in [-0.2, 0) is 17.9 Å². The number of aliphatic carboxylic acids is 1. The Balaban J connectivity index is 1.93. The molecule has 20 heavy (non-hydrogen) atoms. The SMILES string of the molecule is Cc1ncsc1CN(C)Cc1cc(C=CC(=O)O)cs1. The van der Waals surface area contributed by atoms with Crippen LogP contribution in [0.15, 0.2) is 23.0 Å². The van der Waals surface area contributed by atoms with Crippen molar-refractivity contribution in [3.05, 3.63) is 44.0 Å². The van der Waals surface area contributed by atoms with Crippen molar-refractivity contribution in [2.24, 2.45) is 0 Å². The lowest BCUT2D eigenvalue weighted by molar-refractivity contribution is -0.131. The molecule has 2 aromatic rings. The molecule has 6 heteroatoms. The fraction of sp³-hybridized carbons (Fsp3) is 0.286. The molecule has 0 spiro atoms. The Hall–Kier alpha value is -1.50. The highest BCUT2D eigenvalue weighted by atomic mass is 32.1. The van der Waals surface area contributed by atoms with Crippen LogP contribution in [0, 0.1) is 6.92 Å². The van der Waals surface area contributed by atoms with Crippen LogP contribution in [0.1, 0.15) is 21.0 Å². The van der Waals surface area contributed by atoms with E-state index in [0.717, 1.165) is 30.4 Å². The fourth-order valence-electron chi connectivity index (χ4n) is 1.78. The van der Waals surface area contributed by atoms with Gasteiger partial charge in [0.25, 0.3) is 0 Å². The van der Waals surface area contributed by atoms with Gasteiger partial charge in [0, 0.05) is 28.9 Å². The molecule has 1 N–H and O–H groups in total. The van der Waals surface area contributed by atoms with E-state index in [4.69, 9.17) is 5.11 Å². The molecule has 0 amide bonds. The van der Waals surface area contributed by atoms with E-state index in [1.54, 1.807) is 28.7 Å². The number of hydrogen-bond acceptors (Lipinski definition) is 5. The van der Waals surface area contributed by atoms with Crippen molar-refractivity contribution in [2.45, 2.75) is 20.0 Å². The molecule has 2 rings (SSSR count). The smallest absolute Gasteiger partial charge is 0.328 e. The summed E-state index contributed by atoms with van der Waals surface area (Å²) in [6.45, 7) is 3.76. The van der Waals surface area contributed by atoms with Crippen LogP contribution in [0.5, 0.6) is 0 Å². The van der Waals surface area contributed by atoms with Crippen LogP contribution in [0.4, 0.5) is 0 Å². The molecular weight excluding hydrogens is 292 g/mol. The first kappa shape index (κ1) is 14.9. The van der Waals surface area contributed by atoms with E-state index in [9.17, 15) is 4.79 Å². The van der Waals surface area contributed by atoms with Gasteiger partial charge in [0.1, 0.15) is 0 Å². The van der Waals surface area contributed by atoms with Gasteiger partial charge >= 0.3 is 5.97 Å². The molecular formula is C14H16N2O2S2. The number of carbonyl (C=O) groups is 1. The summed E-state index contributed by atoms with van der Waals surface area (Å²) in [4.78, 5) is 19.5. The average Bonchev–Trinajstić information content (AvgIpc) is 2.97. The summed E-state index contributed by atoms with van der Waals surface area (Å²) < 4.78 is 0. The van der Waals surface area contributed by atoms with Crippen LogP contribution in [-0.4, -0.2) is 28.0 Å². The van der Waals surface area contributed by atoms with Gasteiger partial charge in [0.15, 0.2) is 0 Å². The molecule has 0 aliphatic carbocycles. The molecule has 4 nitrogen and oxygen atoms in total. The zero-order chi connectivity index (χ0) is 14.5. The number of aromatic nitrogens is 1. The van der Waals surface area contributed by atoms with Crippen molar-refractivity contribution < 1.29 is 9.90 Å². The van der Waals surface area contributed by atoms with Gasteiger partial charge in [0.05, 0.1) is 11.2 Å². The van der Waals surface area contributed by atoms with Gasteiger partial charge < -0.3 is 5.11 Å². The molecule has 0 saturated carbocycles. The Labute approximate surface area is 126 Å². The average molecular weight is 308 g/mol. The van der Waals surface area contributed by atoms with Gasteiger partial charge in [-0.15, -0.1) is 22.7 Å². The molecule has 0 aliphatic heterocycles. The minimum atomic E-state index is -0.921. The van der Waals surface area contributed by atoms with Crippen LogP contribution in [0.3, 0.4) is 0 Å². The van der Waals surface area contributed by atoms with E-state index in [0.29, 0.717) is 0 Å². The summed E-state index contributed by atoms with van der Waals surface area (Å²) in [5.74, 6) is -0.921. The normalized spacial score (nSPS) is 11.6. The van der Waals surface area contributed by atoms with E-state index in [2.05, 4.69) is 16.9 Å². The maximum absolute atomic E-state index is 10.5. The Bertz CT molecular complexity index is 616. The van der Waals surface area contributed by atoms with Gasteiger partial charge in [-0.25, -0.2) is 9.78 Å². The topological polar surface area (TPSA) is 53.4 Å². The van der Waals surface area contributed by atoms with E-state index >= 15 is 0 Å². The van der Waals surface area contributed by atoms with E-state index in [1.165, 1.54) is 9.75 Å². The zero-order valence-corrected chi connectivity index (χ0v) is 13.0. The monoisotopic (exact) mass is 308 g/mol. The molecule has 106 valence electrons. The molecule has 2 aromatic heterocycles. The third-order valence-corrected chi connectivity index (χ3v) is 4.64. The van der Waals surface area contributed by atoms with Crippen molar-refractivity contribution in [3.63, 3.8) is 0 Å². The summed E-state index contributed by atoms with van der Waals surface area (Å²) >= 11 is 3.33. The lowest BCUT2D eigenvalue weighted by atomic mass is 10.2. The molecule has 0 radical (unpaired) electrons. The number of thiophene rings is 1. The molecule has 2 heterocycles. The number of carboxylic acids is 1. The van der Waals surface area contributed by atoms with Crippen LogP contribution in [0.25, 0.3) is 6.08 Å². The van der Waals surface area contributed by atoms with Gasteiger partial charge in [-0.1, -0.05) is 0 Å². The van der Waals surface area contributed by atoms with Crippen molar-refractivity contribution in [2.75, 3.05) is 7.05 Å². The highest BCUT2D eigenvalue weighted by molar-refractivity contribution is 7.10. The number of hydrogen-bond donors (Lipinski definition) is 1. The van der Waals surface area contributed by atoms with Gasteiger partial charge in [-0.05, 0) is 37.1 Å². The summed E-state index contributed by atoms with van der Waals surface area (Å²) in [7, 11) is 2.08. The first-order valence-electron chi connectivity index (χ1n) is 6.10. The van der Waals surface area contributed by atoms with Crippen LogP contribution in [0.2, 0.25) is 0 Å². The van der Waals surface area contributed by atoms with Crippen molar-refractivity contribution in [1.82, 2.24) is 9.88 Å². The predicted molar refractivity (Wildman–Crippen MR) is 83.0 cm³/mol. The fourth-order valence-corrected chi connectivity index (χ4v) is 3.57. The van der Waals surface area contributed by atoms with Gasteiger partial charge in [-0.3, -0.25) is 4.90 Å². The molecule has 0 fully saturated rings. The minimum absolute atomic E-state index is 0.850. The van der Waals surface area contributed by atoms with Crippen LogP contribution >= 0.6 is 22.7 Å². The third kappa shape index (κ3) is 4.26. The van der Waals surface area contributed by atoms with Gasteiger partial charge in [-0.2, -0.15) is 0 Å². The first-order valence-corrected chi connectivity index (χ1v) is 7.86. The van der Waals surface area contributed by atoms with Crippen molar-refractivity contribution >= 4 is 34.7 Å². The second-order valence-corrected chi connectivity index (χ2v) is 6.49. The summed E-state index contributed by atoms with van der Waals surface area (Å²) in [5, 5.41) is 10.6. The lowest BCUT2D eigenvalue weighted by Gasteiger charge is -2.14. The maximum atomic E-state index is 10.5. The number of aryl methyl sites for hydroxylation is 1. The highest BCUT2D eigenvalue weighted by Crippen LogP contribution is 2.20. The van der Waals surface area contributed by atoms with Crippen LogP contribution < -0.4 is 0 Å². The zero-order valence-electron chi connectivity index (χ0n) is 11.4. The number of rotatable bonds is 6. The molecule has 0 atom stereocenters. The number of thiazole rings is 1. The molecule has 0 unspecified atom stereocenters. The third-order valence-electron chi connectivity index (χ3n) is 2.78. The predicted octanol–water partition coefficient (Wildman–Crippen LogP) is 3.24. The Morgan fingerprint density at radius 1 is 1.45 bits per heavy atom. The largest absolute Gasteiger partial charge is 0.478 e. The Morgan fingerprint density at radius 3 is 2.90 bits per heavy atom. The quantitative estimate of drug-likeness (QED) is 0.832. The molecule has 0 saturated heterocycles. The van der Waals surface area contributed by atoms with Crippen molar-refractivity contribution in [3.8, 4) is 0 Å². The Morgan fingerprint density at radius 2 is 2.25 bits per heavy atom. The second kappa shape index (κ2) is 6.78. The number of carboxylic acid groups (broad SMARTS) is 1. The maximum Gasteiger partial charge on any atom is 0.328 e. The minimum Gasteiger partial charge on any atom is -0.478 e. The Kier molecular flexibility index (Phi) is 5.05. The lowest BCUT2D eigenvalue weighted by Crippen LogP contribution is -2.16. The number of nitrogens with zero attached hydrogens (tertiary/aromatic N) is 2. The molecule has 0 bridgehead atoms. The van der Waals surface area contributed by atoms with E-state index in [1.807, 2.05) is 23.9 Å². The summed E-state index contributed by atoms with van der Waals surface area (Å²) in [6, 6.07) is 2.03. The molecule has 0 aliphatic rings. The van der Waals surface area contributed by atoms with Crippen molar-refractivity contribution in [1.29, 1.82) is 0 Å². The summed E-state index contributed by atoms with van der Waals surface area (Å²) in [6.07, 6.45) is 2.78. The van der Waals surface area contributed by atoms with Gasteiger partial charge in [0.2, 0.25) is 0 Å². The highest BCUT2D eigenvalue weighted by Gasteiger charge is 2.07. The second-order valence-electron chi connectivity index (χ2n) is 4.55. The standard InChI is InChI=1S/C14H16N2O2S2/c1-10-13(20-9-15-10)7-16(2)6-12-5-11(8-19-12)3-4-14(17)18/h3-5,8-9H,6-7H2,1-2H3,(H,17,18). The molecule has 0 aromatic carbocycles. The summed E-state index contributed by atoms with van der Waals surface area (Å²) in [5.41, 5.74) is 3.91.